The van der Waals surface area contributed by atoms with E-state index < -0.39 is 0 Å². The summed E-state index contributed by atoms with van der Waals surface area (Å²) in [7, 11) is 0. The van der Waals surface area contributed by atoms with Crippen molar-refractivity contribution in [2.24, 2.45) is 17.6 Å². The number of piperidine rings is 1. The molecule has 7 nitrogen and oxygen atoms in total. The number of piperazine rings is 1. The maximum Gasteiger partial charge on any atom is 0.236 e. The third-order valence-electron chi connectivity index (χ3n) is 5.62. The normalized spacial score (nSPS) is 28.7. The van der Waals surface area contributed by atoms with Crippen LogP contribution in [0.5, 0.6) is 0 Å². The van der Waals surface area contributed by atoms with Gasteiger partial charge >= 0.3 is 0 Å². The highest BCUT2D eigenvalue weighted by Crippen LogP contribution is 2.31. The molecule has 1 aliphatic carbocycles. The molecule has 0 spiro atoms. The minimum Gasteiger partial charge on any atom is -0.369 e. The van der Waals surface area contributed by atoms with E-state index in [9.17, 15) is 14.4 Å². The molecule has 2 atom stereocenters. The van der Waals surface area contributed by atoms with Crippen LogP contribution in [0, 0.1) is 11.8 Å². The van der Waals surface area contributed by atoms with Gasteiger partial charge in [0.05, 0.1) is 12.5 Å². The highest BCUT2D eigenvalue weighted by atomic mass is 16.2. The van der Waals surface area contributed by atoms with Gasteiger partial charge in [-0.25, -0.2) is 0 Å². The Morgan fingerprint density at radius 2 is 1.50 bits per heavy atom. The predicted molar refractivity (Wildman–Crippen MR) is 88.8 cm³/mol. The Kier molecular flexibility index (Phi) is 5.08. The SMILES string of the molecule is CC1CCC(C(N)=O)CN1CC(=O)N1CCN(C(=O)C2CC2)CC1. The highest BCUT2D eigenvalue weighted by Gasteiger charge is 2.36. The van der Waals surface area contributed by atoms with Gasteiger partial charge in [-0.3, -0.25) is 19.3 Å². The topological polar surface area (TPSA) is 86.9 Å². The van der Waals surface area contributed by atoms with E-state index in [1.165, 1.54) is 0 Å². The number of carbonyl (C=O) groups is 3. The van der Waals surface area contributed by atoms with Gasteiger partial charge in [0.1, 0.15) is 0 Å². The third-order valence-corrected chi connectivity index (χ3v) is 5.62. The summed E-state index contributed by atoms with van der Waals surface area (Å²) in [6.45, 7) is 5.50. The van der Waals surface area contributed by atoms with Crippen molar-refractivity contribution in [1.29, 1.82) is 0 Å². The molecule has 1 saturated carbocycles. The molecule has 24 heavy (non-hydrogen) atoms. The van der Waals surface area contributed by atoms with E-state index in [1.807, 2.05) is 9.80 Å². The number of amides is 3. The Morgan fingerprint density at radius 1 is 0.917 bits per heavy atom. The third kappa shape index (κ3) is 3.88. The first-order chi connectivity index (χ1) is 11.5. The largest absolute Gasteiger partial charge is 0.369 e. The summed E-state index contributed by atoms with van der Waals surface area (Å²) in [5.74, 6) is 0.169. The molecular weight excluding hydrogens is 308 g/mol. The number of rotatable bonds is 4. The van der Waals surface area contributed by atoms with Crippen LogP contribution < -0.4 is 5.73 Å². The van der Waals surface area contributed by atoms with Gasteiger partial charge in [-0.15, -0.1) is 0 Å². The van der Waals surface area contributed by atoms with Crippen LogP contribution in [0.25, 0.3) is 0 Å². The van der Waals surface area contributed by atoms with E-state index in [-0.39, 0.29) is 29.6 Å². The first-order valence-electron chi connectivity index (χ1n) is 9.05. The van der Waals surface area contributed by atoms with Gasteiger partial charge < -0.3 is 15.5 Å². The molecule has 2 saturated heterocycles. The fourth-order valence-electron chi connectivity index (χ4n) is 3.67. The smallest absolute Gasteiger partial charge is 0.236 e. The molecule has 134 valence electrons. The monoisotopic (exact) mass is 336 g/mol. The van der Waals surface area contributed by atoms with Gasteiger partial charge in [-0.2, -0.15) is 0 Å². The van der Waals surface area contributed by atoms with Gasteiger partial charge in [0.15, 0.2) is 0 Å². The zero-order valence-electron chi connectivity index (χ0n) is 14.4. The lowest BCUT2D eigenvalue weighted by molar-refractivity contribution is -0.141. The molecule has 3 fully saturated rings. The van der Waals surface area contributed by atoms with Crippen LogP contribution >= 0.6 is 0 Å². The summed E-state index contributed by atoms with van der Waals surface area (Å²) in [5, 5.41) is 0. The summed E-state index contributed by atoms with van der Waals surface area (Å²) in [5.41, 5.74) is 5.42. The minimum atomic E-state index is -0.272. The standard InChI is InChI=1S/C17H28N4O3/c1-12-2-3-14(16(18)23)10-21(12)11-15(22)19-6-8-20(9-7-19)17(24)13-4-5-13/h12-14H,2-11H2,1H3,(H2,18,23). The second-order valence-electron chi connectivity index (χ2n) is 7.44. The zero-order chi connectivity index (χ0) is 17.3. The number of carbonyl (C=O) groups excluding carboxylic acids is 3. The van der Waals surface area contributed by atoms with Crippen molar-refractivity contribution in [2.75, 3.05) is 39.3 Å². The van der Waals surface area contributed by atoms with E-state index in [0.29, 0.717) is 45.3 Å². The Hall–Kier alpha value is -1.63. The van der Waals surface area contributed by atoms with Crippen molar-refractivity contribution >= 4 is 17.7 Å². The fraction of sp³-hybridized carbons (Fsp3) is 0.824. The second-order valence-corrected chi connectivity index (χ2v) is 7.44. The highest BCUT2D eigenvalue weighted by molar-refractivity contribution is 5.82. The molecule has 7 heteroatoms. The number of likely N-dealkylation sites (tertiary alicyclic amines) is 1. The molecule has 2 N–H and O–H groups in total. The minimum absolute atomic E-state index is 0.0884. The molecule has 0 aromatic heterocycles. The summed E-state index contributed by atoms with van der Waals surface area (Å²) >= 11 is 0. The molecule has 0 aromatic rings. The summed E-state index contributed by atoms with van der Waals surface area (Å²) in [6.07, 6.45) is 3.74. The molecule has 2 aliphatic heterocycles. The van der Waals surface area contributed by atoms with E-state index >= 15 is 0 Å². The summed E-state index contributed by atoms with van der Waals surface area (Å²) in [6, 6.07) is 0.294. The average molecular weight is 336 g/mol. The number of nitrogens with two attached hydrogens (primary N) is 1. The summed E-state index contributed by atoms with van der Waals surface area (Å²) < 4.78 is 0. The van der Waals surface area contributed by atoms with Crippen LogP contribution in [-0.2, 0) is 14.4 Å². The molecule has 0 radical (unpaired) electrons. The number of primary amides is 1. The first kappa shape index (κ1) is 17.2. The van der Waals surface area contributed by atoms with E-state index in [4.69, 9.17) is 5.73 Å². The maximum atomic E-state index is 12.6. The first-order valence-corrected chi connectivity index (χ1v) is 9.05. The molecular formula is C17H28N4O3. The molecule has 0 aromatic carbocycles. The molecule has 3 amide bonds. The Labute approximate surface area is 143 Å². The maximum absolute atomic E-state index is 12.6. The van der Waals surface area contributed by atoms with E-state index in [0.717, 1.165) is 25.7 Å². The lowest BCUT2D eigenvalue weighted by Gasteiger charge is -2.39. The second kappa shape index (κ2) is 7.09. The zero-order valence-corrected chi connectivity index (χ0v) is 14.4. The van der Waals surface area contributed by atoms with Crippen molar-refractivity contribution in [1.82, 2.24) is 14.7 Å². The van der Waals surface area contributed by atoms with Gasteiger partial charge in [0, 0.05) is 44.7 Å². The van der Waals surface area contributed by atoms with Crippen LogP contribution in [-0.4, -0.2) is 77.7 Å². The molecule has 2 heterocycles. The number of hydrogen-bond acceptors (Lipinski definition) is 4. The van der Waals surface area contributed by atoms with Crippen LogP contribution in [0.3, 0.4) is 0 Å². The van der Waals surface area contributed by atoms with Gasteiger partial charge in [-0.1, -0.05) is 0 Å². The van der Waals surface area contributed by atoms with Gasteiger partial charge in [0.25, 0.3) is 0 Å². The van der Waals surface area contributed by atoms with Gasteiger partial charge in [0.2, 0.25) is 17.7 Å². The summed E-state index contributed by atoms with van der Waals surface area (Å²) in [4.78, 5) is 41.9. The number of nitrogens with zero attached hydrogens (tertiary/aromatic N) is 3. The molecule has 0 bridgehead atoms. The number of hydrogen-bond donors (Lipinski definition) is 1. The quantitative estimate of drug-likeness (QED) is 0.760. The van der Waals surface area contributed by atoms with E-state index in [1.54, 1.807) is 0 Å². The van der Waals surface area contributed by atoms with Gasteiger partial charge in [-0.05, 0) is 32.6 Å². The fourth-order valence-corrected chi connectivity index (χ4v) is 3.67. The van der Waals surface area contributed by atoms with Crippen LogP contribution in [0.15, 0.2) is 0 Å². The Morgan fingerprint density at radius 3 is 2.08 bits per heavy atom. The lowest BCUT2D eigenvalue weighted by atomic mass is 9.93. The van der Waals surface area contributed by atoms with Crippen molar-refractivity contribution < 1.29 is 14.4 Å². The van der Waals surface area contributed by atoms with Crippen molar-refractivity contribution in [2.45, 2.75) is 38.6 Å². The Balaban J connectivity index is 1.48. The predicted octanol–water partition coefficient (Wildman–Crippen LogP) is -0.347. The Bertz CT molecular complexity index is 512. The molecule has 3 rings (SSSR count). The molecule has 2 unspecified atom stereocenters. The average Bonchev–Trinajstić information content (AvgIpc) is 3.41. The van der Waals surface area contributed by atoms with Crippen LogP contribution in [0.1, 0.15) is 32.6 Å². The van der Waals surface area contributed by atoms with E-state index in [2.05, 4.69) is 11.8 Å². The van der Waals surface area contributed by atoms with Crippen LogP contribution in [0.2, 0.25) is 0 Å². The van der Waals surface area contributed by atoms with Crippen molar-refractivity contribution in [3.05, 3.63) is 0 Å². The lowest BCUT2D eigenvalue weighted by Crippen LogP contribution is -2.55. The van der Waals surface area contributed by atoms with Crippen LogP contribution in [0.4, 0.5) is 0 Å². The van der Waals surface area contributed by atoms with Crippen molar-refractivity contribution in [3.8, 4) is 0 Å². The van der Waals surface area contributed by atoms with Crippen molar-refractivity contribution in [3.63, 3.8) is 0 Å². The molecule has 3 aliphatic rings.